The van der Waals surface area contributed by atoms with Gasteiger partial charge < -0.3 is 9.47 Å². The molecule has 2 heterocycles. The van der Waals surface area contributed by atoms with E-state index in [0.717, 1.165) is 35.5 Å². The summed E-state index contributed by atoms with van der Waals surface area (Å²) in [6, 6.07) is 8.39. The Hall–Kier alpha value is -2.89. The summed E-state index contributed by atoms with van der Waals surface area (Å²) in [6.45, 7) is 9.52. The van der Waals surface area contributed by atoms with Crippen LogP contribution < -0.4 is 5.43 Å². The molecule has 27 heavy (non-hydrogen) atoms. The molecule has 2 aromatic rings. The Morgan fingerprint density at radius 1 is 1.07 bits per heavy atom. The average Bonchev–Trinajstić information content (AvgIpc) is 3.26. The third-order valence-electron chi connectivity index (χ3n) is 5.03. The molecular weight excluding hydrogens is 340 g/mol. The third kappa shape index (κ3) is 3.94. The molecule has 2 amide bonds. The summed E-state index contributed by atoms with van der Waals surface area (Å²) >= 11 is 0. The van der Waals surface area contributed by atoms with E-state index in [-0.39, 0.29) is 0 Å². The second-order valence-electron chi connectivity index (χ2n) is 7.15. The van der Waals surface area contributed by atoms with E-state index < -0.39 is 11.8 Å². The number of hydrazone groups is 1. The van der Waals surface area contributed by atoms with Crippen LogP contribution in [0.1, 0.15) is 40.9 Å². The van der Waals surface area contributed by atoms with Crippen LogP contribution in [0.4, 0.5) is 0 Å². The number of aryl methyl sites for hydroxylation is 3. The van der Waals surface area contributed by atoms with Crippen molar-refractivity contribution >= 4 is 18.0 Å². The topological polar surface area (TPSA) is 66.7 Å². The Morgan fingerprint density at radius 3 is 2.48 bits per heavy atom. The molecular formula is C21H26N4O2. The number of carbonyl (C=O) groups is 2. The van der Waals surface area contributed by atoms with Crippen molar-refractivity contribution in [1.29, 1.82) is 0 Å². The van der Waals surface area contributed by atoms with Crippen molar-refractivity contribution in [1.82, 2.24) is 14.9 Å². The van der Waals surface area contributed by atoms with Crippen molar-refractivity contribution in [2.45, 2.75) is 40.5 Å². The number of amides is 2. The molecule has 0 aliphatic carbocycles. The highest BCUT2D eigenvalue weighted by Crippen LogP contribution is 2.23. The van der Waals surface area contributed by atoms with E-state index in [1.165, 1.54) is 11.1 Å². The first-order valence-electron chi connectivity index (χ1n) is 9.27. The normalized spacial score (nSPS) is 14.1. The van der Waals surface area contributed by atoms with Crippen molar-refractivity contribution < 1.29 is 9.59 Å². The van der Waals surface area contributed by atoms with Gasteiger partial charge in [-0.05, 0) is 63.8 Å². The van der Waals surface area contributed by atoms with Gasteiger partial charge in [0.05, 0.1) is 6.21 Å². The molecule has 0 atom stereocenters. The van der Waals surface area contributed by atoms with Gasteiger partial charge in [-0.25, -0.2) is 5.43 Å². The van der Waals surface area contributed by atoms with Gasteiger partial charge in [0, 0.05) is 35.7 Å². The van der Waals surface area contributed by atoms with Gasteiger partial charge in [-0.2, -0.15) is 5.10 Å². The number of rotatable bonds is 3. The predicted octanol–water partition coefficient (Wildman–Crippen LogP) is 2.78. The standard InChI is InChI=1S/C21H26N4O2/c1-14-7-8-15(2)19(11-14)25-16(3)12-18(17(25)4)13-22-23-20(26)21(27)24-9-5-6-10-24/h7-8,11-13H,5-6,9-10H2,1-4H3,(H,23,26)/b22-13-. The highest BCUT2D eigenvalue weighted by Gasteiger charge is 2.24. The molecule has 0 spiro atoms. The van der Waals surface area contributed by atoms with Crippen LogP contribution in [0.2, 0.25) is 0 Å². The molecule has 1 saturated heterocycles. The molecule has 0 bridgehead atoms. The predicted molar refractivity (Wildman–Crippen MR) is 106 cm³/mol. The zero-order valence-corrected chi connectivity index (χ0v) is 16.4. The van der Waals surface area contributed by atoms with Gasteiger partial charge in [0.2, 0.25) is 0 Å². The van der Waals surface area contributed by atoms with E-state index in [1.54, 1.807) is 11.1 Å². The SMILES string of the molecule is Cc1ccc(C)c(-n2c(C)cc(/C=N\NC(=O)C(=O)N3CCCC3)c2C)c1. The summed E-state index contributed by atoms with van der Waals surface area (Å²) in [5.74, 6) is -1.19. The molecule has 1 aliphatic rings. The summed E-state index contributed by atoms with van der Waals surface area (Å²) in [7, 11) is 0. The Morgan fingerprint density at radius 2 is 1.78 bits per heavy atom. The summed E-state index contributed by atoms with van der Waals surface area (Å²) in [5.41, 5.74) is 8.90. The van der Waals surface area contributed by atoms with E-state index in [9.17, 15) is 9.59 Å². The van der Waals surface area contributed by atoms with E-state index in [0.29, 0.717) is 13.1 Å². The van der Waals surface area contributed by atoms with Gasteiger partial charge >= 0.3 is 11.8 Å². The second kappa shape index (κ2) is 7.78. The molecule has 0 saturated carbocycles. The second-order valence-corrected chi connectivity index (χ2v) is 7.15. The molecule has 1 N–H and O–H groups in total. The molecule has 3 rings (SSSR count). The Kier molecular flexibility index (Phi) is 5.44. The first-order chi connectivity index (χ1) is 12.9. The maximum Gasteiger partial charge on any atom is 0.329 e. The van der Waals surface area contributed by atoms with E-state index in [1.807, 2.05) is 19.9 Å². The fraction of sp³-hybridized carbons (Fsp3) is 0.381. The Bertz CT molecular complexity index is 905. The van der Waals surface area contributed by atoms with Crippen molar-refractivity contribution in [3.8, 4) is 5.69 Å². The smallest absolute Gasteiger partial charge is 0.329 e. The Labute approximate surface area is 159 Å². The van der Waals surface area contributed by atoms with Crippen LogP contribution in [0.25, 0.3) is 5.69 Å². The molecule has 0 radical (unpaired) electrons. The lowest BCUT2D eigenvalue weighted by atomic mass is 10.1. The van der Waals surface area contributed by atoms with E-state index in [2.05, 4.69) is 47.1 Å². The lowest BCUT2D eigenvalue weighted by molar-refractivity contribution is -0.145. The van der Waals surface area contributed by atoms with Crippen molar-refractivity contribution in [2.75, 3.05) is 13.1 Å². The lowest BCUT2D eigenvalue weighted by Gasteiger charge is -2.13. The molecule has 142 valence electrons. The van der Waals surface area contributed by atoms with Crippen LogP contribution in [0.15, 0.2) is 29.4 Å². The van der Waals surface area contributed by atoms with Crippen LogP contribution in [0.3, 0.4) is 0 Å². The van der Waals surface area contributed by atoms with Crippen LogP contribution in [0, 0.1) is 27.7 Å². The minimum absolute atomic E-state index is 0.509. The minimum Gasteiger partial charge on any atom is -0.334 e. The van der Waals surface area contributed by atoms with Gasteiger partial charge in [-0.3, -0.25) is 9.59 Å². The summed E-state index contributed by atoms with van der Waals surface area (Å²) < 4.78 is 2.18. The average molecular weight is 366 g/mol. The zero-order valence-electron chi connectivity index (χ0n) is 16.4. The number of nitrogens with zero attached hydrogens (tertiary/aromatic N) is 3. The van der Waals surface area contributed by atoms with Gasteiger partial charge in [0.25, 0.3) is 0 Å². The number of hydrogen-bond donors (Lipinski definition) is 1. The number of likely N-dealkylation sites (tertiary alicyclic amines) is 1. The fourth-order valence-corrected chi connectivity index (χ4v) is 3.52. The molecule has 1 aromatic carbocycles. The lowest BCUT2D eigenvalue weighted by Crippen LogP contribution is -2.39. The van der Waals surface area contributed by atoms with Gasteiger partial charge in [-0.1, -0.05) is 12.1 Å². The van der Waals surface area contributed by atoms with Gasteiger partial charge in [-0.15, -0.1) is 0 Å². The quantitative estimate of drug-likeness (QED) is 0.516. The number of aromatic nitrogens is 1. The fourth-order valence-electron chi connectivity index (χ4n) is 3.52. The number of carbonyl (C=O) groups excluding carboxylic acids is 2. The van der Waals surface area contributed by atoms with Gasteiger partial charge in [0.15, 0.2) is 0 Å². The van der Waals surface area contributed by atoms with Crippen LogP contribution >= 0.6 is 0 Å². The largest absolute Gasteiger partial charge is 0.334 e. The van der Waals surface area contributed by atoms with Crippen molar-refractivity contribution in [2.24, 2.45) is 5.10 Å². The van der Waals surface area contributed by atoms with Crippen molar-refractivity contribution in [3.05, 3.63) is 52.3 Å². The maximum atomic E-state index is 12.0. The number of benzene rings is 1. The first kappa shape index (κ1) is 18.9. The highest BCUT2D eigenvalue weighted by molar-refractivity contribution is 6.35. The van der Waals surface area contributed by atoms with Crippen LogP contribution in [-0.2, 0) is 9.59 Å². The first-order valence-corrected chi connectivity index (χ1v) is 9.27. The van der Waals surface area contributed by atoms with E-state index >= 15 is 0 Å². The molecule has 1 fully saturated rings. The molecule has 1 aromatic heterocycles. The highest BCUT2D eigenvalue weighted by atomic mass is 16.2. The monoisotopic (exact) mass is 366 g/mol. The zero-order chi connectivity index (χ0) is 19.6. The van der Waals surface area contributed by atoms with E-state index in [4.69, 9.17) is 0 Å². The van der Waals surface area contributed by atoms with Crippen LogP contribution in [0.5, 0.6) is 0 Å². The molecule has 1 aliphatic heterocycles. The molecule has 6 nitrogen and oxygen atoms in total. The maximum absolute atomic E-state index is 12.0. The number of nitrogens with one attached hydrogen (secondary N) is 1. The molecule has 6 heteroatoms. The molecule has 0 unspecified atom stereocenters. The number of hydrogen-bond acceptors (Lipinski definition) is 3. The Balaban J connectivity index is 1.76. The van der Waals surface area contributed by atoms with Crippen LogP contribution in [-0.4, -0.2) is 40.6 Å². The van der Waals surface area contributed by atoms with Crippen molar-refractivity contribution in [3.63, 3.8) is 0 Å². The minimum atomic E-state index is -0.684. The summed E-state index contributed by atoms with van der Waals surface area (Å²) in [6.07, 6.45) is 3.50. The third-order valence-corrected chi connectivity index (χ3v) is 5.03. The summed E-state index contributed by atoms with van der Waals surface area (Å²) in [4.78, 5) is 25.5. The summed E-state index contributed by atoms with van der Waals surface area (Å²) in [5, 5.41) is 4.00. The van der Waals surface area contributed by atoms with Gasteiger partial charge in [0.1, 0.15) is 0 Å².